The molecule has 0 unspecified atom stereocenters. The van der Waals surface area contributed by atoms with E-state index in [9.17, 15) is 4.79 Å². The quantitative estimate of drug-likeness (QED) is 0.846. The van der Waals surface area contributed by atoms with Gasteiger partial charge in [0.25, 0.3) is 5.91 Å². The van der Waals surface area contributed by atoms with E-state index in [1.54, 1.807) is 24.7 Å². The summed E-state index contributed by atoms with van der Waals surface area (Å²) in [4.78, 5) is 29.8. The molecule has 6 nitrogen and oxygen atoms in total. The fourth-order valence-corrected chi connectivity index (χ4v) is 3.93. The number of carbonyl (C=O) groups is 1. The molecule has 0 radical (unpaired) electrons. The summed E-state index contributed by atoms with van der Waals surface area (Å²) in [5.74, 6) is 0.839. The molecule has 0 saturated carbocycles. The van der Waals surface area contributed by atoms with Crippen LogP contribution < -0.4 is 4.90 Å². The van der Waals surface area contributed by atoms with Gasteiger partial charge in [-0.3, -0.25) is 9.78 Å². The van der Waals surface area contributed by atoms with E-state index >= 15 is 0 Å². The van der Waals surface area contributed by atoms with Crippen molar-refractivity contribution in [2.45, 2.75) is 19.3 Å². The Bertz CT molecular complexity index is 708. The Hall–Kier alpha value is -2.50. The van der Waals surface area contributed by atoms with Crippen LogP contribution in [-0.4, -0.2) is 51.9 Å². The van der Waals surface area contributed by atoms with Crippen molar-refractivity contribution in [3.8, 4) is 0 Å². The van der Waals surface area contributed by atoms with Crippen LogP contribution in [0, 0.1) is 5.41 Å². The van der Waals surface area contributed by atoms with Crippen molar-refractivity contribution >= 4 is 11.9 Å². The first-order valence-electron chi connectivity index (χ1n) is 8.48. The number of nitrogens with zero attached hydrogens (tertiary/aromatic N) is 5. The largest absolute Gasteiger partial charge is 0.340 e. The molecule has 2 aromatic heterocycles. The Morgan fingerprint density at radius 1 is 0.958 bits per heavy atom. The van der Waals surface area contributed by atoms with E-state index in [4.69, 9.17) is 0 Å². The summed E-state index contributed by atoms with van der Waals surface area (Å²) in [5.41, 5.74) is 0.690. The lowest BCUT2D eigenvalue weighted by molar-refractivity contribution is 0.0761. The number of amides is 1. The van der Waals surface area contributed by atoms with E-state index in [2.05, 4.69) is 19.9 Å². The van der Waals surface area contributed by atoms with Gasteiger partial charge in [0.05, 0.1) is 0 Å². The predicted molar refractivity (Wildman–Crippen MR) is 90.7 cm³/mol. The lowest BCUT2D eigenvalue weighted by atomic mass is 9.79. The molecule has 2 fully saturated rings. The number of pyridine rings is 1. The number of likely N-dealkylation sites (tertiary alicyclic amines) is 1. The molecule has 2 saturated heterocycles. The van der Waals surface area contributed by atoms with Gasteiger partial charge in [0.2, 0.25) is 5.95 Å². The van der Waals surface area contributed by atoms with Crippen molar-refractivity contribution in [2.75, 3.05) is 31.1 Å². The van der Waals surface area contributed by atoms with Crippen LogP contribution in [0.4, 0.5) is 5.95 Å². The van der Waals surface area contributed by atoms with Gasteiger partial charge in [0, 0.05) is 50.2 Å². The Labute approximate surface area is 141 Å². The summed E-state index contributed by atoms with van der Waals surface area (Å²) in [6.45, 7) is 3.51. The van der Waals surface area contributed by atoms with Gasteiger partial charge in [0.15, 0.2) is 0 Å². The number of hydrogen-bond donors (Lipinski definition) is 0. The third-order valence-corrected chi connectivity index (χ3v) is 5.11. The van der Waals surface area contributed by atoms with E-state index in [-0.39, 0.29) is 11.3 Å². The summed E-state index contributed by atoms with van der Waals surface area (Å²) in [6.07, 6.45) is 8.56. The van der Waals surface area contributed by atoms with Gasteiger partial charge >= 0.3 is 0 Å². The smallest absolute Gasteiger partial charge is 0.272 e. The van der Waals surface area contributed by atoms with Gasteiger partial charge in [-0.2, -0.15) is 0 Å². The second-order valence-corrected chi connectivity index (χ2v) is 6.77. The maximum absolute atomic E-state index is 12.6. The molecule has 1 spiro atoms. The Morgan fingerprint density at radius 2 is 1.79 bits per heavy atom. The van der Waals surface area contributed by atoms with E-state index in [1.165, 1.54) is 0 Å². The standard InChI is InChI=1S/C18H21N5O/c24-16(15-5-1-2-8-19-15)22-12-7-18(13-22)6-3-11-23(14-18)17-20-9-4-10-21-17/h1-2,4-5,8-10H,3,6-7,11-14H2/t18-/m1/s1. The van der Waals surface area contributed by atoms with Crippen molar-refractivity contribution in [3.05, 3.63) is 48.5 Å². The summed E-state index contributed by atoms with van der Waals surface area (Å²) < 4.78 is 0. The van der Waals surface area contributed by atoms with Crippen LogP contribution in [0.2, 0.25) is 0 Å². The highest BCUT2D eigenvalue weighted by Gasteiger charge is 2.43. The molecule has 1 amide bonds. The number of aromatic nitrogens is 3. The maximum Gasteiger partial charge on any atom is 0.272 e. The van der Waals surface area contributed by atoms with Crippen molar-refractivity contribution in [1.82, 2.24) is 19.9 Å². The highest BCUT2D eigenvalue weighted by molar-refractivity contribution is 5.92. The minimum Gasteiger partial charge on any atom is -0.340 e. The Morgan fingerprint density at radius 3 is 2.58 bits per heavy atom. The minimum absolute atomic E-state index is 0.0422. The first-order chi connectivity index (χ1) is 11.8. The molecule has 2 aliphatic heterocycles. The molecule has 2 aromatic rings. The normalized spacial score (nSPS) is 23.7. The lowest BCUT2D eigenvalue weighted by Crippen LogP contribution is -2.46. The van der Waals surface area contributed by atoms with Crippen LogP contribution in [-0.2, 0) is 0 Å². The number of piperidine rings is 1. The van der Waals surface area contributed by atoms with Gasteiger partial charge in [-0.05, 0) is 37.5 Å². The van der Waals surface area contributed by atoms with Crippen LogP contribution in [0.25, 0.3) is 0 Å². The van der Waals surface area contributed by atoms with Crippen LogP contribution in [0.15, 0.2) is 42.9 Å². The van der Waals surface area contributed by atoms with Gasteiger partial charge in [-0.25, -0.2) is 9.97 Å². The van der Waals surface area contributed by atoms with E-state index in [0.29, 0.717) is 5.69 Å². The number of anilines is 1. The van der Waals surface area contributed by atoms with Crippen molar-refractivity contribution in [1.29, 1.82) is 0 Å². The third kappa shape index (κ3) is 2.84. The maximum atomic E-state index is 12.6. The lowest BCUT2D eigenvalue weighted by Gasteiger charge is -2.40. The van der Waals surface area contributed by atoms with Gasteiger partial charge in [-0.1, -0.05) is 6.07 Å². The molecular weight excluding hydrogens is 302 g/mol. The predicted octanol–water partition coefficient (Wildman–Crippen LogP) is 2.00. The fourth-order valence-electron chi connectivity index (χ4n) is 3.93. The molecule has 0 N–H and O–H groups in total. The summed E-state index contributed by atoms with van der Waals surface area (Å²) in [6, 6.07) is 7.33. The van der Waals surface area contributed by atoms with Crippen LogP contribution in [0.5, 0.6) is 0 Å². The highest BCUT2D eigenvalue weighted by atomic mass is 16.2. The second-order valence-electron chi connectivity index (χ2n) is 6.77. The summed E-state index contributed by atoms with van der Waals surface area (Å²) >= 11 is 0. The first-order valence-corrected chi connectivity index (χ1v) is 8.48. The van der Waals surface area contributed by atoms with Gasteiger partial charge in [-0.15, -0.1) is 0 Å². The molecule has 0 aromatic carbocycles. The van der Waals surface area contributed by atoms with Gasteiger partial charge in [0.1, 0.15) is 5.69 Å². The Kier molecular flexibility index (Phi) is 3.88. The van der Waals surface area contributed by atoms with Crippen LogP contribution >= 0.6 is 0 Å². The second kappa shape index (κ2) is 6.19. The SMILES string of the molecule is O=C(c1ccccn1)N1CC[C@]2(CCCN(c3ncccn3)C2)C1. The molecule has 2 aliphatic rings. The summed E-state index contributed by atoms with van der Waals surface area (Å²) in [5, 5.41) is 0. The molecule has 4 rings (SSSR count). The molecule has 24 heavy (non-hydrogen) atoms. The van der Waals surface area contributed by atoms with Crippen LogP contribution in [0.3, 0.4) is 0 Å². The third-order valence-electron chi connectivity index (χ3n) is 5.11. The monoisotopic (exact) mass is 323 g/mol. The fraction of sp³-hybridized carbons (Fsp3) is 0.444. The number of rotatable bonds is 2. The van der Waals surface area contributed by atoms with Crippen molar-refractivity contribution in [2.24, 2.45) is 5.41 Å². The average Bonchev–Trinajstić information content (AvgIpc) is 3.06. The zero-order valence-electron chi connectivity index (χ0n) is 13.6. The molecule has 124 valence electrons. The van der Waals surface area contributed by atoms with Crippen molar-refractivity contribution in [3.63, 3.8) is 0 Å². The van der Waals surface area contributed by atoms with E-state index in [0.717, 1.165) is 51.4 Å². The average molecular weight is 323 g/mol. The van der Waals surface area contributed by atoms with Gasteiger partial charge < -0.3 is 9.80 Å². The molecule has 4 heterocycles. The molecule has 0 aliphatic carbocycles. The van der Waals surface area contributed by atoms with Crippen molar-refractivity contribution < 1.29 is 4.79 Å². The first kappa shape index (κ1) is 15.1. The molecule has 6 heteroatoms. The zero-order chi connectivity index (χ0) is 16.4. The highest BCUT2D eigenvalue weighted by Crippen LogP contribution is 2.40. The van der Waals surface area contributed by atoms with Crippen LogP contribution in [0.1, 0.15) is 29.8 Å². The Balaban J connectivity index is 1.48. The number of carbonyl (C=O) groups excluding carboxylic acids is 1. The van der Waals surface area contributed by atoms with E-state index < -0.39 is 0 Å². The summed E-state index contributed by atoms with van der Waals surface area (Å²) in [7, 11) is 0. The minimum atomic E-state index is 0.0422. The molecular formula is C18H21N5O. The zero-order valence-corrected chi connectivity index (χ0v) is 13.6. The molecule has 1 atom stereocenters. The van der Waals surface area contributed by atoms with E-state index in [1.807, 2.05) is 23.1 Å². The molecule has 0 bridgehead atoms. The topological polar surface area (TPSA) is 62.2 Å². The number of hydrogen-bond acceptors (Lipinski definition) is 5.